The summed E-state index contributed by atoms with van der Waals surface area (Å²) in [6.07, 6.45) is 4.83. The molecule has 1 aliphatic carbocycles. The Kier molecular flexibility index (Phi) is 5.91. The van der Waals surface area contributed by atoms with Crippen molar-refractivity contribution in [3.8, 4) is 11.5 Å². The van der Waals surface area contributed by atoms with E-state index in [1.54, 1.807) is 19.2 Å². The van der Waals surface area contributed by atoms with Crippen molar-refractivity contribution in [3.05, 3.63) is 17.2 Å². The van der Waals surface area contributed by atoms with Gasteiger partial charge in [-0.2, -0.15) is 0 Å². The van der Waals surface area contributed by atoms with E-state index in [4.69, 9.17) is 21.1 Å². The number of nitrogens with one attached hydrogen (secondary N) is 1. The van der Waals surface area contributed by atoms with Crippen LogP contribution in [0, 0.1) is 0 Å². The van der Waals surface area contributed by atoms with Gasteiger partial charge in [0, 0.05) is 18.2 Å². The van der Waals surface area contributed by atoms with Crippen LogP contribution in [0.5, 0.6) is 11.5 Å². The number of hydrogen-bond donors (Lipinski definition) is 1. The van der Waals surface area contributed by atoms with Gasteiger partial charge in [0.2, 0.25) is 5.91 Å². The van der Waals surface area contributed by atoms with Gasteiger partial charge in [0.1, 0.15) is 11.5 Å². The largest absolute Gasteiger partial charge is 0.495 e. The fourth-order valence-electron chi connectivity index (χ4n) is 2.85. The van der Waals surface area contributed by atoms with Gasteiger partial charge < -0.3 is 14.8 Å². The lowest BCUT2D eigenvalue weighted by molar-refractivity contribution is -0.117. The van der Waals surface area contributed by atoms with E-state index in [1.165, 1.54) is 32.8 Å². The molecule has 0 aromatic heterocycles. The van der Waals surface area contributed by atoms with Crippen molar-refractivity contribution >= 4 is 23.2 Å². The van der Waals surface area contributed by atoms with Gasteiger partial charge in [-0.05, 0) is 19.9 Å². The number of anilines is 1. The van der Waals surface area contributed by atoms with Gasteiger partial charge in [0.15, 0.2) is 0 Å². The smallest absolute Gasteiger partial charge is 0.238 e. The first kappa shape index (κ1) is 16.9. The van der Waals surface area contributed by atoms with E-state index >= 15 is 0 Å². The van der Waals surface area contributed by atoms with Crippen LogP contribution in [0.2, 0.25) is 5.02 Å². The van der Waals surface area contributed by atoms with Gasteiger partial charge in [0.25, 0.3) is 0 Å². The minimum Gasteiger partial charge on any atom is -0.495 e. The topological polar surface area (TPSA) is 50.8 Å². The van der Waals surface area contributed by atoms with E-state index in [0.29, 0.717) is 34.8 Å². The van der Waals surface area contributed by atoms with E-state index in [1.807, 2.05) is 7.05 Å². The van der Waals surface area contributed by atoms with Gasteiger partial charge in [-0.15, -0.1) is 0 Å². The summed E-state index contributed by atoms with van der Waals surface area (Å²) in [6.45, 7) is 0.360. The molecule has 1 amide bonds. The molecule has 1 fully saturated rings. The first-order chi connectivity index (χ1) is 10.5. The summed E-state index contributed by atoms with van der Waals surface area (Å²) in [6, 6.07) is 3.82. The maximum Gasteiger partial charge on any atom is 0.238 e. The maximum atomic E-state index is 12.3. The van der Waals surface area contributed by atoms with E-state index in [2.05, 4.69) is 10.2 Å². The molecule has 0 spiro atoms. The Labute approximate surface area is 136 Å². The van der Waals surface area contributed by atoms with Crippen molar-refractivity contribution in [2.24, 2.45) is 0 Å². The molecule has 1 aliphatic rings. The molecule has 0 aliphatic heterocycles. The molecule has 1 saturated carbocycles. The van der Waals surface area contributed by atoms with Crippen molar-refractivity contribution < 1.29 is 14.3 Å². The molecular weight excluding hydrogens is 304 g/mol. The maximum absolute atomic E-state index is 12.3. The molecule has 1 aromatic rings. The highest BCUT2D eigenvalue weighted by Gasteiger charge is 2.21. The molecule has 1 aromatic carbocycles. The first-order valence-corrected chi connectivity index (χ1v) is 7.84. The van der Waals surface area contributed by atoms with Crippen LogP contribution in [0.1, 0.15) is 25.7 Å². The highest BCUT2D eigenvalue weighted by Crippen LogP contribution is 2.35. The van der Waals surface area contributed by atoms with E-state index in [-0.39, 0.29) is 5.91 Å². The average Bonchev–Trinajstić information content (AvgIpc) is 3.02. The van der Waals surface area contributed by atoms with E-state index in [0.717, 1.165) is 0 Å². The average molecular weight is 327 g/mol. The SMILES string of the molecule is COc1cc(NC(=O)CN(C)C2CCCC2)c(OC)cc1Cl. The van der Waals surface area contributed by atoms with Crippen molar-refractivity contribution in [1.29, 1.82) is 0 Å². The van der Waals surface area contributed by atoms with Crippen LogP contribution in [-0.2, 0) is 4.79 Å². The molecule has 22 heavy (non-hydrogen) atoms. The fourth-order valence-corrected chi connectivity index (χ4v) is 3.08. The number of amides is 1. The second-order valence-electron chi connectivity index (χ2n) is 5.59. The quantitative estimate of drug-likeness (QED) is 0.872. The Balaban J connectivity index is 2.03. The molecule has 0 heterocycles. The number of likely N-dealkylation sites (N-methyl/N-ethyl adjacent to an activating group) is 1. The number of ether oxygens (including phenoxy) is 2. The number of methoxy groups -OCH3 is 2. The molecule has 1 N–H and O–H groups in total. The number of nitrogens with zero attached hydrogens (tertiary/aromatic N) is 1. The molecular formula is C16H23ClN2O3. The number of benzene rings is 1. The van der Waals surface area contributed by atoms with Gasteiger partial charge in [-0.3, -0.25) is 9.69 Å². The number of rotatable bonds is 6. The number of halogens is 1. The predicted octanol–water partition coefficient (Wildman–Crippen LogP) is 3.17. The van der Waals surface area contributed by atoms with Gasteiger partial charge in [-0.1, -0.05) is 24.4 Å². The van der Waals surface area contributed by atoms with Crippen LogP contribution in [0.25, 0.3) is 0 Å². The summed E-state index contributed by atoms with van der Waals surface area (Å²) in [5, 5.41) is 3.32. The van der Waals surface area contributed by atoms with Crippen LogP contribution in [0.15, 0.2) is 12.1 Å². The van der Waals surface area contributed by atoms with Crippen LogP contribution in [0.3, 0.4) is 0 Å². The molecule has 0 saturated heterocycles. The van der Waals surface area contributed by atoms with Crippen LogP contribution in [-0.4, -0.2) is 44.7 Å². The molecule has 5 nitrogen and oxygen atoms in total. The molecule has 0 radical (unpaired) electrons. The molecule has 6 heteroatoms. The minimum absolute atomic E-state index is 0.0722. The minimum atomic E-state index is -0.0722. The summed E-state index contributed by atoms with van der Waals surface area (Å²) < 4.78 is 10.4. The second kappa shape index (κ2) is 7.70. The molecule has 0 bridgehead atoms. The fraction of sp³-hybridized carbons (Fsp3) is 0.562. The summed E-state index contributed by atoms with van der Waals surface area (Å²) in [5.41, 5.74) is 0.563. The predicted molar refractivity (Wildman–Crippen MR) is 88.1 cm³/mol. The highest BCUT2D eigenvalue weighted by atomic mass is 35.5. The zero-order valence-corrected chi connectivity index (χ0v) is 14.1. The second-order valence-corrected chi connectivity index (χ2v) is 6.00. The van der Waals surface area contributed by atoms with E-state index < -0.39 is 0 Å². The third-order valence-electron chi connectivity index (χ3n) is 4.09. The zero-order chi connectivity index (χ0) is 16.1. The lowest BCUT2D eigenvalue weighted by atomic mass is 10.2. The zero-order valence-electron chi connectivity index (χ0n) is 13.3. The molecule has 122 valence electrons. The monoisotopic (exact) mass is 326 g/mol. The molecule has 0 atom stereocenters. The Hall–Kier alpha value is -1.46. The van der Waals surface area contributed by atoms with Crippen molar-refractivity contribution in [1.82, 2.24) is 4.90 Å². The summed E-state index contributed by atoms with van der Waals surface area (Å²) in [7, 11) is 5.07. The number of carbonyl (C=O) groups is 1. The van der Waals surface area contributed by atoms with Crippen molar-refractivity contribution in [2.75, 3.05) is 33.1 Å². The van der Waals surface area contributed by atoms with Gasteiger partial charge >= 0.3 is 0 Å². The van der Waals surface area contributed by atoms with Crippen molar-refractivity contribution in [2.45, 2.75) is 31.7 Å². The van der Waals surface area contributed by atoms with Crippen LogP contribution < -0.4 is 14.8 Å². The Morgan fingerprint density at radius 3 is 2.50 bits per heavy atom. The number of carbonyl (C=O) groups excluding carboxylic acids is 1. The molecule has 2 rings (SSSR count). The Morgan fingerprint density at radius 1 is 1.27 bits per heavy atom. The summed E-state index contributed by atoms with van der Waals surface area (Å²) in [5.74, 6) is 0.946. The Bertz CT molecular complexity index is 530. The van der Waals surface area contributed by atoms with Gasteiger partial charge in [-0.25, -0.2) is 0 Å². The third-order valence-corrected chi connectivity index (χ3v) is 4.38. The van der Waals surface area contributed by atoms with Gasteiger partial charge in [0.05, 0.1) is 31.5 Å². The van der Waals surface area contributed by atoms with E-state index in [9.17, 15) is 4.79 Å². The lowest BCUT2D eigenvalue weighted by Gasteiger charge is -2.23. The summed E-state index contributed by atoms with van der Waals surface area (Å²) in [4.78, 5) is 14.4. The first-order valence-electron chi connectivity index (χ1n) is 7.46. The molecule has 0 unspecified atom stereocenters. The van der Waals surface area contributed by atoms with Crippen LogP contribution in [0.4, 0.5) is 5.69 Å². The van der Waals surface area contributed by atoms with Crippen LogP contribution >= 0.6 is 11.6 Å². The highest BCUT2D eigenvalue weighted by molar-refractivity contribution is 6.32. The normalized spacial score (nSPS) is 15.1. The lowest BCUT2D eigenvalue weighted by Crippen LogP contribution is -2.36. The Morgan fingerprint density at radius 2 is 1.91 bits per heavy atom. The summed E-state index contributed by atoms with van der Waals surface area (Å²) >= 11 is 6.06. The standard InChI is InChI=1S/C16H23ClN2O3/c1-19(11-6-4-5-7-11)10-16(20)18-13-9-14(21-2)12(17)8-15(13)22-3/h8-9,11H,4-7,10H2,1-3H3,(H,18,20). The number of hydrogen-bond acceptors (Lipinski definition) is 4. The third kappa shape index (κ3) is 4.05. The van der Waals surface area contributed by atoms with Crippen molar-refractivity contribution in [3.63, 3.8) is 0 Å².